The summed E-state index contributed by atoms with van der Waals surface area (Å²) in [6, 6.07) is 13.0. The van der Waals surface area contributed by atoms with E-state index in [1.165, 1.54) is 0 Å². The number of anilines is 2. The monoisotopic (exact) mass is 305 g/mol. The highest BCUT2D eigenvalue weighted by Crippen LogP contribution is 2.16. The predicted octanol–water partition coefficient (Wildman–Crippen LogP) is 2.98. The number of hydrogen-bond acceptors (Lipinski definition) is 3. The summed E-state index contributed by atoms with van der Waals surface area (Å²) in [5.41, 5.74) is 7.79. The third-order valence-electron chi connectivity index (χ3n) is 2.90. The average Bonchev–Trinajstić information content (AvgIpc) is 2.49. The van der Waals surface area contributed by atoms with Crippen molar-refractivity contribution in [3.05, 3.63) is 59.1 Å². The molecule has 0 fully saturated rings. The van der Waals surface area contributed by atoms with Gasteiger partial charge in [0.25, 0.3) is 0 Å². The van der Waals surface area contributed by atoms with E-state index in [1.54, 1.807) is 48.5 Å². The molecule has 2 aromatic rings. The first-order valence-electron chi connectivity index (χ1n) is 6.38. The summed E-state index contributed by atoms with van der Waals surface area (Å²) in [5, 5.41) is 15.0. The fraction of sp³-hybridized carbons (Fsp3) is 0.133. The summed E-state index contributed by atoms with van der Waals surface area (Å²) in [5.74, 6) is 0. The van der Waals surface area contributed by atoms with Crippen molar-refractivity contribution in [1.82, 2.24) is 0 Å². The third kappa shape index (κ3) is 4.46. The molecule has 2 rings (SSSR count). The fourth-order valence-corrected chi connectivity index (χ4v) is 1.87. The van der Waals surface area contributed by atoms with Crippen LogP contribution in [0.25, 0.3) is 0 Å². The number of urea groups is 1. The molecule has 2 amide bonds. The maximum atomic E-state index is 11.8. The fourth-order valence-electron chi connectivity index (χ4n) is 1.75. The molecule has 0 aliphatic carbocycles. The molecule has 5 nitrogen and oxygen atoms in total. The number of aliphatic hydroxyl groups excluding tert-OH is 1. The number of amides is 2. The van der Waals surface area contributed by atoms with Crippen LogP contribution in [-0.2, 0) is 0 Å². The third-order valence-corrected chi connectivity index (χ3v) is 3.15. The molecule has 5 N–H and O–H groups in total. The Morgan fingerprint density at radius 3 is 2.00 bits per heavy atom. The standard InChI is InChI=1S/C15H16ClN3O2/c16-11-3-7-13(8-4-11)19-15(21)18-12-5-1-10(2-6-12)14(17)9-20/h1-8,14,20H,9,17H2,(H2,18,19,21). The average molecular weight is 306 g/mol. The van der Waals surface area contributed by atoms with Crippen LogP contribution in [0, 0.1) is 0 Å². The van der Waals surface area contributed by atoms with E-state index < -0.39 is 6.04 Å². The number of halogens is 1. The number of benzene rings is 2. The zero-order valence-electron chi connectivity index (χ0n) is 11.2. The predicted molar refractivity (Wildman–Crippen MR) is 84.5 cm³/mol. The minimum absolute atomic E-state index is 0.121. The number of carbonyl (C=O) groups is 1. The van der Waals surface area contributed by atoms with Gasteiger partial charge in [-0.1, -0.05) is 23.7 Å². The molecule has 0 saturated carbocycles. The zero-order chi connectivity index (χ0) is 15.2. The summed E-state index contributed by atoms with van der Waals surface area (Å²) in [6.07, 6.45) is 0. The SMILES string of the molecule is NC(CO)c1ccc(NC(=O)Nc2ccc(Cl)cc2)cc1. The molecule has 1 atom stereocenters. The Morgan fingerprint density at radius 1 is 1.05 bits per heavy atom. The van der Waals surface area contributed by atoms with E-state index in [0.717, 1.165) is 5.56 Å². The molecule has 2 aromatic carbocycles. The highest BCUT2D eigenvalue weighted by Gasteiger charge is 2.06. The van der Waals surface area contributed by atoms with Gasteiger partial charge in [-0.25, -0.2) is 4.79 Å². The van der Waals surface area contributed by atoms with Crippen molar-refractivity contribution in [2.45, 2.75) is 6.04 Å². The molecule has 6 heteroatoms. The van der Waals surface area contributed by atoms with E-state index in [4.69, 9.17) is 22.4 Å². The van der Waals surface area contributed by atoms with Gasteiger partial charge in [-0.2, -0.15) is 0 Å². The molecule has 0 heterocycles. The Balaban J connectivity index is 1.94. The summed E-state index contributed by atoms with van der Waals surface area (Å²) < 4.78 is 0. The van der Waals surface area contributed by atoms with Crippen LogP contribution >= 0.6 is 11.6 Å². The molecular weight excluding hydrogens is 290 g/mol. The zero-order valence-corrected chi connectivity index (χ0v) is 12.0. The van der Waals surface area contributed by atoms with Gasteiger partial charge in [0, 0.05) is 16.4 Å². The van der Waals surface area contributed by atoms with Gasteiger partial charge in [0.05, 0.1) is 12.6 Å². The number of carbonyl (C=O) groups excluding carboxylic acids is 1. The van der Waals surface area contributed by atoms with Crippen LogP contribution in [0.5, 0.6) is 0 Å². The molecule has 1 unspecified atom stereocenters. The largest absolute Gasteiger partial charge is 0.394 e. The molecule has 0 radical (unpaired) electrons. The number of aliphatic hydroxyl groups is 1. The Bertz CT molecular complexity index is 599. The van der Waals surface area contributed by atoms with E-state index in [-0.39, 0.29) is 12.6 Å². The van der Waals surface area contributed by atoms with Gasteiger partial charge in [-0.15, -0.1) is 0 Å². The number of rotatable bonds is 4. The maximum Gasteiger partial charge on any atom is 0.323 e. The molecule has 0 saturated heterocycles. The highest BCUT2D eigenvalue weighted by atomic mass is 35.5. The Kier molecular flexibility index (Phi) is 5.16. The highest BCUT2D eigenvalue weighted by molar-refractivity contribution is 6.30. The van der Waals surface area contributed by atoms with Crippen LogP contribution < -0.4 is 16.4 Å². The summed E-state index contributed by atoms with van der Waals surface area (Å²) in [4.78, 5) is 11.8. The number of hydrogen-bond donors (Lipinski definition) is 4. The van der Waals surface area contributed by atoms with E-state index in [1.807, 2.05) is 0 Å². The Morgan fingerprint density at radius 2 is 1.52 bits per heavy atom. The van der Waals surface area contributed by atoms with Gasteiger partial charge in [-0.05, 0) is 42.0 Å². The minimum Gasteiger partial charge on any atom is -0.394 e. The molecule has 0 aliphatic rings. The molecule has 0 aromatic heterocycles. The Labute approximate surface area is 127 Å². The van der Waals surface area contributed by atoms with Gasteiger partial charge >= 0.3 is 6.03 Å². The van der Waals surface area contributed by atoms with E-state index in [0.29, 0.717) is 16.4 Å². The number of nitrogens with two attached hydrogens (primary N) is 1. The first-order valence-corrected chi connectivity index (χ1v) is 6.76. The minimum atomic E-state index is -0.415. The maximum absolute atomic E-state index is 11.8. The van der Waals surface area contributed by atoms with Crippen LogP contribution in [0.2, 0.25) is 5.02 Å². The van der Waals surface area contributed by atoms with Gasteiger partial charge in [0.1, 0.15) is 0 Å². The van der Waals surface area contributed by atoms with Gasteiger partial charge in [0.15, 0.2) is 0 Å². The van der Waals surface area contributed by atoms with Gasteiger partial charge in [-0.3, -0.25) is 0 Å². The second-order valence-electron chi connectivity index (χ2n) is 4.50. The van der Waals surface area contributed by atoms with Crippen molar-refractivity contribution in [2.24, 2.45) is 5.73 Å². The van der Waals surface area contributed by atoms with Crippen LogP contribution in [0.15, 0.2) is 48.5 Å². The Hall–Kier alpha value is -2.08. The normalized spacial score (nSPS) is 11.8. The molecule has 0 bridgehead atoms. The van der Waals surface area contributed by atoms with Crippen molar-refractivity contribution in [2.75, 3.05) is 17.2 Å². The first-order chi connectivity index (χ1) is 10.1. The molecule has 21 heavy (non-hydrogen) atoms. The molecule has 0 spiro atoms. The van der Waals surface area contributed by atoms with Gasteiger partial charge < -0.3 is 21.5 Å². The molecule has 110 valence electrons. The summed E-state index contributed by atoms with van der Waals surface area (Å²) in [7, 11) is 0. The second kappa shape index (κ2) is 7.08. The second-order valence-corrected chi connectivity index (χ2v) is 4.93. The lowest BCUT2D eigenvalue weighted by molar-refractivity contribution is 0.262. The van der Waals surface area contributed by atoms with Crippen LogP contribution in [0.1, 0.15) is 11.6 Å². The quantitative estimate of drug-likeness (QED) is 0.700. The van der Waals surface area contributed by atoms with Crippen molar-refractivity contribution in [3.8, 4) is 0 Å². The van der Waals surface area contributed by atoms with Crippen molar-refractivity contribution < 1.29 is 9.90 Å². The van der Waals surface area contributed by atoms with E-state index >= 15 is 0 Å². The lowest BCUT2D eigenvalue weighted by Crippen LogP contribution is -2.19. The van der Waals surface area contributed by atoms with Gasteiger partial charge in [0.2, 0.25) is 0 Å². The molecular formula is C15H16ClN3O2. The van der Waals surface area contributed by atoms with Crippen LogP contribution in [0.4, 0.5) is 16.2 Å². The lowest BCUT2D eigenvalue weighted by atomic mass is 10.1. The van der Waals surface area contributed by atoms with Crippen LogP contribution in [0.3, 0.4) is 0 Å². The lowest BCUT2D eigenvalue weighted by Gasteiger charge is -2.11. The topological polar surface area (TPSA) is 87.4 Å². The molecule has 0 aliphatic heterocycles. The van der Waals surface area contributed by atoms with Crippen LogP contribution in [-0.4, -0.2) is 17.7 Å². The van der Waals surface area contributed by atoms with Crippen molar-refractivity contribution in [1.29, 1.82) is 0 Å². The summed E-state index contributed by atoms with van der Waals surface area (Å²) in [6.45, 7) is -0.121. The number of nitrogens with one attached hydrogen (secondary N) is 2. The smallest absolute Gasteiger partial charge is 0.323 e. The van der Waals surface area contributed by atoms with Crippen molar-refractivity contribution >= 4 is 29.0 Å². The first kappa shape index (κ1) is 15.3. The van der Waals surface area contributed by atoms with E-state index in [9.17, 15) is 4.79 Å². The summed E-state index contributed by atoms with van der Waals surface area (Å²) >= 11 is 5.77. The van der Waals surface area contributed by atoms with Crippen molar-refractivity contribution in [3.63, 3.8) is 0 Å². The van der Waals surface area contributed by atoms with E-state index in [2.05, 4.69) is 10.6 Å².